The second-order valence-electron chi connectivity index (χ2n) is 4.26. The third-order valence-electron chi connectivity index (χ3n) is 2.75. The van der Waals surface area contributed by atoms with Crippen LogP contribution in [0.2, 0.25) is 0 Å². The first-order valence-corrected chi connectivity index (χ1v) is 5.58. The molecule has 0 aliphatic rings. The quantitative estimate of drug-likeness (QED) is 0.827. The van der Waals surface area contributed by atoms with Crippen molar-refractivity contribution in [2.45, 2.75) is 6.54 Å². The van der Waals surface area contributed by atoms with Gasteiger partial charge in [0.25, 0.3) is 0 Å². The molecule has 18 heavy (non-hydrogen) atoms. The number of nitriles is 1. The van der Waals surface area contributed by atoms with Gasteiger partial charge in [-0.2, -0.15) is 10.4 Å². The summed E-state index contributed by atoms with van der Waals surface area (Å²) in [4.78, 5) is 2.04. The van der Waals surface area contributed by atoms with Crippen LogP contribution in [0.5, 0.6) is 0 Å². The van der Waals surface area contributed by atoms with Gasteiger partial charge in [0.05, 0.1) is 29.2 Å². The van der Waals surface area contributed by atoms with Crippen LogP contribution in [-0.4, -0.2) is 16.8 Å². The largest absolute Gasteiger partial charge is 0.397 e. The predicted octanol–water partition coefficient (Wildman–Crippen LogP) is 1.51. The number of nitrogens with zero attached hydrogens (tertiary/aromatic N) is 4. The van der Waals surface area contributed by atoms with Gasteiger partial charge < -0.3 is 10.6 Å². The molecule has 0 aliphatic heterocycles. The van der Waals surface area contributed by atoms with E-state index in [1.165, 1.54) is 0 Å². The number of anilines is 2. The van der Waals surface area contributed by atoms with Crippen molar-refractivity contribution >= 4 is 11.4 Å². The number of hydrogen-bond acceptors (Lipinski definition) is 4. The molecule has 0 atom stereocenters. The number of nitrogens with two attached hydrogens (primary N) is 1. The molecule has 0 spiro atoms. The van der Waals surface area contributed by atoms with Crippen molar-refractivity contribution in [3.8, 4) is 6.07 Å². The maximum Gasteiger partial charge on any atom is 0.0992 e. The summed E-state index contributed by atoms with van der Waals surface area (Å²) in [5.74, 6) is 0. The van der Waals surface area contributed by atoms with Gasteiger partial charge in [0.2, 0.25) is 0 Å². The predicted molar refractivity (Wildman–Crippen MR) is 70.9 cm³/mol. The van der Waals surface area contributed by atoms with Crippen LogP contribution in [0, 0.1) is 11.3 Å². The first-order chi connectivity index (χ1) is 8.60. The highest BCUT2D eigenvalue weighted by atomic mass is 15.2. The smallest absolute Gasteiger partial charge is 0.0992 e. The van der Waals surface area contributed by atoms with Gasteiger partial charge in [0, 0.05) is 32.4 Å². The number of aromatic nitrogens is 2. The average molecular weight is 241 g/mol. The molecule has 92 valence electrons. The highest BCUT2D eigenvalue weighted by Gasteiger charge is 2.07. The molecule has 2 aromatic rings. The van der Waals surface area contributed by atoms with Crippen molar-refractivity contribution in [1.82, 2.24) is 9.78 Å². The second kappa shape index (κ2) is 4.80. The molecule has 5 heteroatoms. The lowest BCUT2D eigenvalue weighted by Gasteiger charge is -2.20. The second-order valence-corrected chi connectivity index (χ2v) is 4.26. The third kappa shape index (κ3) is 2.43. The molecule has 0 unspecified atom stereocenters. The molecule has 0 bridgehead atoms. The Hall–Kier alpha value is -2.48. The van der Waals surface area contributed by atoms with Crippen LogP contribution in [0.15, 0.2) is 30.6 Å². The van der Waals surface area contributed by atoms with Gasteiger partial charge in [-0.15, -0.1) is 0 Å². The summed E-state index contributed by atoms with van der Waals surface area (Å²) in [6, 6.07) is 7.40. The van der Waals surface area contributed by atoms with E-state index >= 15 is 0 Å². The minimum atomic E-state index is 0.575. The van der Waals surface area contributed by atoms with Crippen molar-refractivity contribution < 1.29 is 0 Å². The van der Waals surface area contributed by atoms with Gasteiger partial charge >= 0.3 is 0 Å². The monoisotopic (exact) mass is 241 g/mol. The molecular weight excluding hydrogens is 226 g/mol. The first-order valence-electron chi connectivity index (χ1n) is 5.58. The lowest BCUT2D eigenvalue weighted by Crippen LogP contribution is -2.17. The van der Waals surface area contributed by atoms with Gasteiger partial charge in [0.1, 0.15) is 0 Å². The van der Waals surface area contributed by atoms with Crippen molar-refractivity contribution in [3.63, 3.8) is 0 Å². The van der Waals surface area contributed by atoms with Gasteiger partial charge in [-0.25, -0.2) is 0 Å². The van der Waals surface area contributed by atoms with E-state index in [-0.39, 0.29) is 0 Å². The number of rotatable bonds is 3. The van der Waals surface area contributed by atoms with Crippen LogP contribution in [0.1, 0.15) is 11.1 Å². The van der Waals surface area contributed by atoms with Crippen molar-refractivity contribution in [2.75, 3.05) is 17.7 Å². The Kier molecular flexibility index (Phi) is 3.20. The molecule has 0 saturated carbocycles. The summed E-state index contributed by atoms with van der Waals surface area (Å²) in [7, 11) is 3.85. The van der Waals surface area contributed by atoms with E-state index in [0.29, 0.717) is 11.3 Å². The van der Waals surface area contributed by atoms with Gasteiger partial charge in [-0.05, 0) is 18.2 Å². The third-order valence-corrected chi connectivity index (χ3v) is 2.75. The van der Waals surface area contributed by atoms with Crippen LogP contribution in [0.25, 0.3) is 0 Å². The summed E-state index contributed by atoms with van der Waals surface area (Å²) in [6.07, 6.45) is 3.80. The molecule has 2 N–H and O–H groups in total. The van der Waals surface area contributed by atoms with E-state index in [9.17, 15) is 0 Å². The van der Waals surface area contributed by atoms with Gasteiger partial charge in [-0.1, -0.05) is 0 Å². The Labute approximate surface area is 106 Å². The van der Waals surface area contributed by atoms with Gasteiger partial charge in [-0.3, -0.25) is 4.68 Å². The van der Waals surface area contributed by atoms with Crippen molar-refractivity contribution in [1.29, 1.82) is 5.26 Å². The zero-order valence-electron chi connectivity index (χ0n) is 10.5. The highest BCUT2D eigenvalue weighted by Crippen LogP contribution is 2.24. The Morgan fingerprint density at radius 1 is 1.50 bits per heavy atom. The normalized spacial score (nSPS) is 10.1. The Balaban J connectivity index is 2.19. The topological polar surface area (TPSA) is 70.9 Å². The van der Waals surface area contributed by atoms with Crippen molar-refractivity contribution in [3.05, 3.63) is 41.7 Å². The maximum absolute atomic E-state index is 8.80. The molecule has 0 radical (unpaired) electrons. The minimum absolute atomic E-state index is 0.575. The molecule has 1 aromatic carbocycles. The standard InChI is InChI=1S/C13H15N5/c1-17(8-11-7-16-18(2)9-11)13-4-3-10(6-14)5-12(13)15/h3-5,7,9H,8,15H2,1-2H3. The van der Waals surface area contributed by atoms with Crippen LogP contribution < -0.4 is 10.6 Å². The minimum Gasteiger partial charge on any atom is -0.397 e. The summed E-state index contributed by atoms with van der Waals surface area (Å²) in [5, 5.41) is 12.9. The number of nitrogen functional groups attached to an aromatic ring is 1. The summed E-state index contributed by atoms with van der Waals surface area (Å²) >= 11 is 0. The fraction of sp³-hybridized carbons (Fsp3) is 0.231. The Morgan fingerprint density at radius 3 is 2.83 bits per heavy atom. The molecule has 2 rings (SSSR count). The van der Waals surface area contributed by atoms with Crippen LogP contribution in [0.3, 0.4) is 0 Å². The Morgan fingerprint density at radius 2 is 2.28 bits per heavy atom. The number of benzene rings is 1. The molecule has 0 saturated heterocycles. The molecular formula is C13H15N5. The molecule has 1 aromatic heterocycles. The average Bonchev–Trinajstić information content (AvgIpc) is 2.74. The van der Waals surface area contributed by atoms with E-state index in [0.717, 1.165) is 17.8 Å². The number of aryl methyl sites for hydroxylation is 1. The fourth-order valence-electron chi connectivity index (χ4n) is 1.88. The van der Waals surface area contributed by atoms with E-state index in [1.807, 2.05) is 37.5 Å². The summed E-state index contributed by atoms with van der Waals surface area (Å²) in [6.45, 7) is 0.726. The lowest BCUT2D eigenvalue weighted by molar-refractivity contribution is 0.766. The zero-order valence-corrected chi connectivity index (χ0v) is 10.5. The van der Waals surface area contributed by atoms with Crippen molar-refractivity contribution in [2.24, 2.45) is 7.05 Å². The fourth-order valence-corrected chi connectivity index (χ4v) is 1.88. The Bertz CT molecular complexity index is 594. The van der Waals surface area contributed by atoms with E-state index in [2.05, 4.69) is 11.2 Å². The molecule has 5 nitrogen and oxygen atoms in total. The molecule has 0 fully saturated rings. The number of hydrogen-bond donors (Lipinski definition) is 1. The van der Waals surface area contributed by atoms with E-state index in [1.54, 1.807) is 16.8 Å². The molecule has 1 heterocycles. The maximum atomic E-state index is 8.80. The SMILES string of the molecule is CN(Cc1cnn(C)c1)c1ccc(C#N)cc1N. The molecule has 0 amide bonds. The van der Waals surface area contributed by atoms with Crippen LogP contribution in [0.4, 0.5) is 11.4 Å². The van der Waals surface area contributed by atoms with Crippen LogP contribution >= 0.6 is 0 Å². The highest BCUT2D eigenvalue weighted by molar-refractivity contribution is 5.69. The van der Waals surface area contributed by atoms with E-state index in [4.69, 9.17) is 11.0 Å². The zero-order chi connectivity index (χ0) is 13.1. The summed E-state index contributed by atoms with van der Waals surface area (Å²) in [5.41, 5.74) is 9.16. The lowest BCUT2D eigenvalue weighted by atomic mass is 10.1. The summed E-state index contributed by atoms with van der Waals surface area (Å²) < 4.78 is 1.77. The van der Waals surface area contributed by atoms with Gasteiger partial charge in [0.15, 0.2) is 0 Å². The first kappa shape index (κ1) is 12.0. The van der Waals surface area contributed by atoms with Crippen LogP contribution in [-0.2, 0) is 13.6 Å². The molecule has 0 aliphatic carbocycles. The van der Waals surface area contributed by atoms with E-state index < -0.39 is 0 Å².